The number of hydrogen-bond acceptors (Lipinski definition) is 4. The van der Waals surface area contributed by atoms with Crippen molar-refractivity contribution in [3.8, 4) is 0 Å². The van der Waals surface area contributed by atoms with E-state index in [0.29, 0.717) is 19.4 Å². The molecule has 1 saturated carbocycles. The van der Waals surface area contributed by atoms with E-state index in [-0.39, 0.29) is 5.97 Å². The quantitative estimate of drug-likeness (QED) is 0.674. The Kier molecular flexibility index (Phi) is 7.28. The molecule has 1 unspecified atom stereocenters. The van der Waals surface area contributed by atoms with Gasteiger partial charge in [-0.15, -0.1) is 0 Å². The van der Waals surface area contributed by atoms with Crippen molar-refractivity contribution in [1.82, 2.24) is 4.90 Å². The van der Waals surface area contributed by atoms with E-state index in [1.165, 1.54) is 39.2 Å². The van der Waals surface area contributed by atoms with Gasteiger partial charge in [-0.1, -0.05) is 25.7 Å². The number of methoxy groups -OCH3 is 1. The first-order chi connectivity index (χ1) is 8.61. The van der Waals surface area contributed by atoms with Crippen LogP contribution in [0.3, 0.4) is 0 Å². The molecule has 1 aliphatic carbocycles. The van der Waals surface area contributed by atoms with Crippen LogP contribution >= 0.6 is 0 Å². The molecule has 18 heavy (non-hydrogen) atoms. The molecule has 0 aromatic heterocycles. The van der Waals surface area contributed by atoms with Gasteiger partial charge in [-0.25, -0.2) is 0 Å². The molecule has 0 saturated heterocycles. The SMILES string of the molecule is COC(=O)CCC(O)CN(C)CCC1CCCC1. The molecule has 0 aromatic rings. The average Bonchev–Trinajstić information content (AvgIpc) is 2.86. The standard InChI is InChI=1S/C14H27NO3/c1-15(10-9-12-5-3-4-6-12)11-13(16)7-8-14(17)18-2/h12-13,16H,3-11H2,1-2H3. The molecular formula is C14H27NO3. The molecule has 0 radical (unpaired) electrons. The van der Waals surface area contributed by atoms with Crippen molar-refractivity contribution in [2.45, 2.75) is 51.0 Å². The van der Waals surface area contributed by atoms with Crippen LogP contribution in [0, 0.1) is 5.92 Å². The van der Waals surface area contributed by atoms with E-state index in [1.807, 2.05) is 7.05 Å². The molecule has 1 rings (SSSR count). The fourth-order valence-corrected chi connectivity index (χ4v) is 2.63. The maximum Gasteiger partial charge on any atom is 0.305 e. The van der Waals surface area contributed by atoms with Crippen LogP contribution in [0.25, 0.3) is 0 Å². The van der Waals surface area contributed by atoms with Gasteiger partial charge in [0.15, 0.2) is 0 Å². The molecule has 0 heterocycles. The Labute approximate surface area is 110 Å². The minimum absolute atomic E-state index is 0.248. The van der Waals surface area contributed by atoms with Crippen LogP contribution in [-0.2, 0) is 9.53 Å². The third-order valence-corrected chi connectivity index (χ3v) is 3.83. The second-order valence-corrected chi connectivity index (χ2v) is 5.47. The van der Waals surface area contributed by atoms with Gasteiger partial charge in [0.05, 0.1) is 13.2 Å². The highest BCUT2D eigenvalue weighted by Gasteiger charge is 2.16. The topological polar surface area (TPSA) is 49.8 Å². The molecule has 0 spiro atoms. The van der Waals surface area contributed by atoms with Gasteiger partial charge in [-0.05, 0) is 32.4 Å². The minimum atomic E-state index is -0.433. The number of carbonyl (C=O) groups is 1. The molecule has 4 nitrogen and oxygen atoms in total. The first-order valence-electron chi connectivity index (χ1n) is 7.05. The monoisotopic (exact) mass is 257 g/mol. The molecule has 1 atom stereocenters. The Bertz CT molecular complexity index is 239. The summed E-state index contributed by atoms with van der Waals surface area (Å²) >= 11 is 0. The summed E-state index contributed by atoms with van der Waals surface area (Å²) in [4.78, 5) is 13.1. The Morgan fingerprint density at radius 1 is 1.44 bits per heavy atom. The number of aliphatic hydroxyl groups is 1. The molecule has 0 aliphatic heterocycles. The summed E-state index contributed by atoms with van der Waals surface area (Å²) in [5, 5.41) is 9.81. The number of rotatable bonds is 8. The zero-order valence-corrected chi connectivity index (χ0v) is 11.7. The Morgan fingerprint density at radius 2 is 2.11 bits per heavy atom. The predicted molar refractivity (Wildman–Crippen MR) is 71.3 cm³/mol. The maximum atomic E-state index is 11.0. The highest BCUT2D eigenvalue weighted by molar-refractivity contribution is 5.69. The zero-order valence-electron chi connectivity index (χ0n) is 11.7. The van der Waals surface area contributed by atoms with Gasteiger partial charge in [0.2, 0.25) is 0 Å². The summed E-state index contributed by atoms with van der Waals surface area (Å²) in [6, 6.07) is 0. The highest BCUT2D eigenvalue weighted by atomic mass is 16.5. The number of likely N-dealkylation sites (N-methyl/N-ethyl adjacent to an activating group) is 1. The second kappa shape index (κ2) is 8.48. The van der Waals surface area contributed by atoms with Crippen LogP contribution in [0.1, 0.15) is 44.9 Å². The van der Waals surface area contributed by atoms with Gasteiger partial charge in [-0.2, -0.15) is 0 Å². The van der Waals surface area contributed by atoms with Gasteiger partial charge < -0.3 is 14.7 Å². The van der Waals surface area contributed by atoms with Gasteiger partial charge in [-0.3, -0.25) is 4.79 Å². The molecule has 106 valence electrons. The Morgan fingerprint density at radius 3 is 2.72 bits per heavy atom. The number of aliphatic hydroxyl groups excluding tert-OH is 1. The van der Waals surface area contributed by atoms with E-state index in [1.54, 1.807) is 0 Å². The summed E-state index contributed by atoms with van der Waals surface area (Å²) in [5.74, 6) is 0.641. The molecule has 0 aromatic carbocycles. The summed E-state index contributed by atoms with van der Waals surface area (Å²) in [6.07, 6.45) is 7.11. The fourth-order valence-electron chi connectivity index (χ4n) is 2.63. The Hall–Kier alpha value is -0.610. The van der Waals surface area contributed by atoms with Gasteiger partial charge in [0.25, 0.3) is 0 Å². The largest absolute Gasteiger partial charge is 0.469 e. The van der Waals surface area contributed by atoms with Crippen molar-refractivity contribution in [1.29, 1.82) is 0 Å². The lowest BCUT2D eigenvalue weighted by atomic mass is 10.0. The summed E-state index contributed by atoms with van der Waals surface area (Å²) < 4.78 is 4.56. The first kappa shape index (κ1) is 15.4. The minimum Gasteiger partial charge on any atom is -0.469 e. The van der Waals surface area contributed by atoms with Crippen LogP contribution in [0.15, 0.2) is 0 Å². The Balaban J connectivity index is 2.06. The smallest absolute Gasteiger partial charge is 0.305 e. The lowest BCUT2D eigenvalue weighted by molar-refractivity contribution is -0.141. The normalized spacial score (nSPS) is 18.2. The molecule has 1 fully saturated rings. The van der Waals surface area contributed by atoms with Crippen molar-refractivity contribution in [2.75, 3.05) is 27.2 Å². The second-order valence-electron chi connectivity index (χ2n) is 5.47. The van der Waals surface area contributed by atoms with Crippen LogP contribution in [0.5, 0.6) is 0 Å². The first-order valence-corrected chi connectivity index (χ1v) is 7.05. The van der Waals surface area contributed by atoms with Crippen LogP contribution in [0.2, 0.25) is 0 Å². The van der Waals surface area contributed by atoms with E-state index in [4.69, 9.17) is 0 Å². The number of carbonyl (C=O) groups excluding carboxylic acids is 1. The summed E-state index contributed by atoms with van der Waals surface area (Å²) in [6.45, 7) is 1.68. The van der Waals surface area contributed by atoms with Crippen LogP contribution in [-0.4, -0.2) is 49.3 Å². The molecule has 0 amide bonds. The lowest BCUT2D eigenvalue weighted by Crippen LogP contribution is -2.31. The molecule has 0 bridgehead atoms. The maximum absolute atomic E-state index is 11.0. The van der Waals surface area contributed by atoms with E-state index >= 15 is 0 Å². The molecule has 1 N–H and O–H groups in total. The number of nitrogens with zero attached hydrogens (tertiary/aromatic N) is 1. The fraction of sp³-hybridized carbons (Fsp3) is 0.929. The van der Waals surface area contributed by atoms with Crippen LogP contribution in [0.4, 0.5) is 0 Å². The molecule has 1 aliphatic rings. The third-order valence-electron chi connectivity index (χ3n) is 3.83. The van der Waals surface area contributed by atoms with E-state index in [9.17, 15) is 9.90 Å². The van der Waals surface area contributed by atoms with E-state index in [0.717, 1.165) is 12.5 Å². The molecular weight excluding hydrogens is 230 g/mol. The zero-order chi connectivity index (χ0) is 13.4. The van der Waals surface area contributed by atoms with Crippen molar-refractivity contribution >= 4 is 5.97 Å². The number of esters is 1. The van der Waals surface area contributed by atoms with E-state index < -0.39 is 6.10 Å². The average molecular weight is 257 g/mol. The third kappa shape index (κ3) is 6.36. The number of ether oxygens (including phenoxy) is 1. The molecule has 4 heteroatoms. The van der Waals surface area contributed by atoms with Gasteiger partial charge in [0, 0.05) is 13.0 Å². The summed E-state index contributed by atoms with van der Waals surface area (Å²) in [7, 11) is 3.42. The van der Waals surface area contributed by atoms with Crippen molar-refractivity contribution < 1.29 is 14.6 Å². The van der Waals surface area contributed by atoms with Crippen LogP contribution < -0.4 is 0 Å². The van der Waals surface area contributed by atoms with Gasteiger partial charge >= 0.3 is 5.97 Å². The van der Waals surface area contributed by atoms with Crippen molar-refractivity contribution in [3.63, 3.8) is 0 Å². The van der Waals surface area contributed by atoms with Crippen molar-refractivity contribution in [3.05, 3.63) is 0 Å². The van der Waals surface area contributed by atoms with E-state index in [2.05, 4.69) is 9.64 Å². The predicted octanol–water partition coefficient (Wildman–Crippen LogP) is 1.81. The van der Waals surface area contributed by atoms with Crippen molar-refractivity contribution in [2.24, 2.45) is 5.92 Å². The highest BCUT2D eigenvalue weighted by Crippen LogP contribution is 2.27. The lowest BCUT2D eigenvalue weighted by Gasteiger charge is -2.21. The van der Waals surface area contributed by atoms with Gasteiger partial charge in [0.1, 0.15) is 0 Å². The number of hydrogen-bond donors (Lipinski definition) is 1. The summed E-state index contributed by atoms with van der Waals surface area (Å²) in [5.41, 5.74) is 0.